The fourth-order valence-electron chi connectivity index (χ4n) is 1.58. The van der Waals surface area contributed by atoms with Crippen molar-refractivity contribution in [2.75, 3.05) is 13.2 Å². The largest absolute Gasteiger partial charge is 0.381 e. The van der Waals surface area contributed by atoms with Crippen molar-refractivity contribution in [3.05, 3.63) is 0 Å². The number of carbonyl (C=O) groups excluding carboxylic acids is 1. The first-order chi connectivity index (χ1) is 7.60. The lowest BCUT2D eigenvalue weighted by Crippen LogP contribution is -2.15. The summed E-state index contributed by atoms with van der Waals surface area (Å²) in [6.45, 7) is 14.4. The van der Waals surface area contributed by atoms with E-state index in [9.17, 15) is 4.79 Å². The Balaban J connectivity index is 3.44. The van der Waals surface area contributed by atoms with Crippen molar-refractivity contribution in [2.45, 2.75) is 67.2 Å². The average Bonchev–Trinajstić information content (AvgIpc) is 2.06. The van der Waals surface area contributed by atoms with E-state index in [0.29, 0.717) is 18.6 Å². The molecule has 0 aromatic heterocycles. The Morgan fingerprint density at radius 3 is 2.00 bits per heavy atom. The van der Waals surface area contributed by atoms with E-state index in [2.05, 4.69) is 41.5 Å². The zero-order chi connectivity index (χ0) is 13.5. The van der Waals surface area contributed by atoms with E-state index in [1.807, 2.05) is 0 Å². The molecule has 0 aliphatic carbocycles. The van der Waals surface area contributed by atoms with Crippen LogP contribution in [-0.4, -0.2) is 19.0 Å². The number of ether oxygens (including phenoxy) is 1. The fraction of sp³-hybridized carbons (Fsp3) is 0.933. The van der Waals surface area contributed by atoms with Crippen molar-refractivity contribution in [1.82, 2.24) is 0 Å². The molecule has 2 heteroatoms. The molecule has 0 aliphatic heterocycles. The van der Waals surface area contributed by atoms with Crippen LogP contribution in [-0.2, 0) is 9.53 Å². The highest BCUT2D eigenvalue weighted by Crippen LogP contribution is 2.20. The van der Waals surface area contributed by atoms with Gasteiger partial charge in [-0.15, -0.1) is 0 Å². The molecule has 0 aromatic rings. The van der Waals surface area contributed by atoms with Gasteiger partial charge < -0.3 is 4.74 Å². The molecule has 0 amide bonds. The van der Waals surface area contributed by atoms with Crippen molar-refractivity contribution < 1.29 is 9.53 Å². The third-order valence-corrected chi connectivity index (χ3v) is 2.26. The second-order valence-corrected chi connectivity index (χ2v) is 7.35. The highest BCUT2D eigenvalue weighted by molar-refractivity contribution is 5.78. The molecule has 0 unspecified atom stereocenters. The van der Waals surface area contributed by atoms with Gasteiger partial charge in [-0.25, -0.2) is 0 Å². The van der Waals surface area contributed by atoms with Gasteiger partial charge in [-0.2, -0.15) is 0 Å². The molecule has 102 valence electrons. The van der Waals surface area contributed by atoms with Crippen LogP contribution in [0.4, 0.5) is 0 Å². The maximum atomic E-state index is 11.6. The smallest absolute Gasteiger partial charge is 0.133 e. The standard InChI is InChI=1S/C15H30O2/c1-14(2,3)11-13(16)9-7-8-10-17-12-15(4,5)6/h7-12H2,1-6H3. The minimum Gasteiger partial charge on any atom is -0.381 e. The molecule has 0 atom stereocenters. The summed E-state index contributed by atoms with van der Waals surface area (Å²) >= 11 is 0. The van der Waals surface area contributed by atoms with Crippen molar-refractivity contribution in [3.63, 3.8) is 0 Å². The van der Waals surface area contributed by atoms with Gasteiger partial charge >= 0.3 is 0 Å². The highest BCUT2D eigenvalue weighted by Gasteiger charge is 2.15. The number of carbonyl (C=O) groups is 1. The van der Waals surface area contributed by atoms with E-state index >= 15 is 0 Å². The van der Waals surface area contributed by atoms with Gasteiger partial charge in [0, 0.05) is 19.4 Å². The molecule has 0 spiro atoms. The molecule has 0 aromatic carbocycles. The molecular weight excluding hydrogens is 212 g/mol. The third kappa shape index (κ3) is 13.6. The molecule has 0 saturated heterocycles. The molecule has 0 bridgehead atoms. The van der Waals surface area contributed by atoms with Crippen LogP contribution in [0.2, 0.25) is 0 Å². The van der Waals surface area contributed by atoms with Gasteiger partial charge in [0.1, 0.15) is 5.78 Å². The summed E-state index contributed by atoms with van der Waals surface area (Å²) in [6.07, 6.45) is 3.34. The SMILES string of the molecule is CC(C)(C)COCCCCC(=O)CC(C)(C)C. The van der Waals surface area contributed by atoms with Crippen LogP contribution in [0.25, 0.3) is 0 Å². The van der Waals surface area contributed by atoms with E-state index < -0.39 is 0 Å². The summed E-state index contributed by atoms with van der Waals surface area (Å²) in [7, 11) is 0. The zero-order valence-corrected chi connectivity index (χ0v) is 12.6. The normalized spacial score (nSPS) is 12.8. The summed E-state index contributed by atoms with van der Waals surface area (Å²) in [6, 6.07) is 0. The first-order valence-corrected chi connectivity index (χ1v) is 6.70. The van der Waals surface area contributed by atoms with Crippen molar-refractivity contribution in [3.8, 4) is 0 Å². The molecule has 0 rings (SSSR count). The first-order valence-electron chi connectivity index (χ1n) is 6.70. The second kappa shape index (κ2) is 7.15. The Morgan fingerprint density at radius 1 is 0.941 bits per heavy atom. The Hall–Kier alpha value is -0.370. The van der Waals surface area contributed by atoms with Crippen LogP contribution in [0.5, 0.6) is 0 Å². The maximum Gasteiger partial charge on any atom is 0.133 e. The van der Waals surface area contributed by atoms with Crippen LogP contribution in [0.1, 0.15) is 67.2 Å². The molecule has 0 N–H and O–H groups in total. The van der Waals surface area contributed by atoms with Gasteiger partial charge in [-0.3, -0.25) is 4.79 Å². The van der Waals surface area contributed by atoms with Gasteiger partial charge in [-0.1, -0.05) is 41.5 Å². The van der Waals surface area contributed by atoms with Gasteiger partial charge in [0.25, 0.3) is 0 Å². The first kappa shape index (κ1) is 16.6. The molecule has 0 aliphatic rings. The van der Waals surface area contributed by atoms with Crippen LogP contribution in [0, 0.1) is 10.8 Å². The Morgan fingerprint density at radius 2 is 1.53 bits per heavy atom. The number of hydrogen-bond acceptors (Lipinski definition) is 2. The minimum atomic E-state index is 0.125. The zero-order valence-electron chi connectivity index (χ0n) is 12.6. The van der Waals surface area contributed by atoms with E-state index in [4.69, 9.17) is 4.74 Å². The van der Waals surface area contributed by atoms with Crippen molar-refractivity contribution in [1.29, 1.82) is 0 Å². The van der Waals surface area contributed by atoms with Crippen molar-refractivity contribution in [2.24, 2.45) is 10.8 Å². The quantitative estimate of drug-likeness (QED) is 0.625. The molecular formula is C15H30O2. The maximum absolute atomic E-state index is 11.6. The molecule has 0 fully saturated rings. The number of Topliss-reactive ketones (excluding diaryl/α,β-unsaturated/α-hetero) is 1. The predicted molar refractivity (Wildman–Crippen MR) is 73.2 cm³/mol. The monoisotopic (exact) mass is 242 g/mol. The second-order valence-electron chi connectivity index (χ2n) is 7.35. The Labute approximate surface area is 107 Å². The number of ketones is 1. The van der Waals surface area contributed by atoms with Crippen molar-refractivity contribution >= 4 is 5.78 Å². The van der Waals surface area contributed by atoms with Crippen LogP contribution < -0.4 is 0 Å². The van der Waals surface area contributed by atoms with Crippen LogP contribution in [0.3, 0.4) is 0 Å². The molecule has 0 radical (unpaired) electrons. The summed E-state index contributed by atoms with van der Waals surface area (Å²) in [4.78, 5) is 11.6. The van der Waals surface area contributed by atoms with Gasteiger partial charge in [0.05, 0.1) is 6.61 Å². The predicted octanol–water partition coefficient (Wildman–Crippen LogP) is 4.22. The molecule has 17 heavy (non-hydrogen) atoms. The lowest BCUT2D eigenvalue weighted by molar-refractivity contribution is -0.120. The Kier molecular flexibility index (Phi) is 6.99. The lowest BCUT2D eigenvalue weighted by Gasteiger charge is -2.18. The summed E-state index contributed by atoms with van der Waals surface area (Å²) in [5, 5.41) is 0. The van der Waals surface area contributed by atoms with E-state index in [1.54, 1.807) is 0 Å². The van der Waals surface area contributed by atoms with Gasteiger partial charge in [0.2, 0.25) is 0 Å². The molecule has 0 heterocycles. The average molecular weight is 242 g/mol. The van der Waals surface area contributed by atoms with E-state index in [-0.39, 0.29) is 10.8 Å². The van der Waals surface area contributed by atoms with E-state index in [1.165, 1.54) is 0 Å². The van der Waals surface area contributed by atoms with E-state index in [0.717, 1.165) is 26.1 Å². The highest BCUT2D eigenvalue weighted by atomic mass is 16.5. The van der Waals surface area contributed by atoms with Gasteiger partial charge in [-0.05, 0) is 23.7 Å². The number of unbranched alkanes of at least 4 members (excludes halogenated alkanes) is 1. The number of hydrogen-bond donors (Lipinski definition) is 0. The molecule has 2 nitrogen and oxygen atoms in total. The topological polar surface area (TPSA) is 26.3 Å². The lowest BCUT2D eigenvalue weighted by atomic mass is 9.88. The third-order valence-electron chi connectivity index (χ3n) is 2.26. The van der Waals surface area contributed by atoms with Gasteiger partial charge in [0.15, 0.2) is 0 Å². The van der Waals surface area contributed by atoms with Crippen LogP contribution in [0.15, 0.2) is 0 Å². The molecule has 0 saturated carbocycles. The fourth-order valence-corrected chi connectivity index (χ4v) is 1.58. The number of rotatable bonds is 7. The minimum absolute atomic E-state index is 0.125. The summed E-state index contributed by atoms with van der Waals surface area (Å²) in [5.74, 6) is 0.383. The summed E-state index contributed by atoms with van der Waals surface area (Å²) in [5.41, 5.74) is 0.363. The Bertz CT molecular complexity index is 218. The summed E-state index contributed by atoms with van der Waals surface area (Å²) < 4.78 is 5.57. The van der Waals surface area contributed by atoms with Crippen LogP contribution >= 0.6 is 0 Å².